The van der Waals surface area contributed by atoms with E-state index in [1.165, 1.54) is 4.31 Å². The molecular formula is C24H28N4O5S. The molecule has 2 aromatic carbocycles. The van der Waals surface area contributed by atoms with Crippen molar-refractivity contribution in [2.24, 2.45) is 0 Å². The van der Waals surface area contributed by atoms with Gasteiger partial charge in [0.25, 0.3) is 10.2 Å². The minimum absolute atomic E-state index is 0.0369. The summed E-state index contributed by atoms with van der Waals surface area (Å²) in [6, 6.07) is 10.9. The molecule has 34 heavy (non-hydrogen) atoms. The highest BCUT2D eigenvalue weighted by atomic mass is 32.2. The molecule has 3 aromatic rings. The van der Waals surface area contributed by atoms with Crippen LogP contribution in [0.3, 0.4) is 0 Å². The summed E-state index contributed by atoms with van der Waals surface area (Å²) in [5.41, 5.74) is 9.96. The lowest BCUT2D eigenvalue weighted by molar-refractivity contribution is 0.0724. The predicted octanol–water partition coefficient (Wildman–Crippen LogP) is 2.17. The van der Waals surface area contributed by atoms with Crippen LogP contribution in [0.4, 0.5) is 5.69 Å². The average molecular weight is 485 g/mol. The fraction of sp³-hybridized carbons (Fsp3) is 0.375. The normalized spacial score (nSPS) is 18.0. The standard InChI is InChI=1S/C24H28N4O5S/c1-24(2)19-14-16(33-10-7-26-34(30,31)28-8-11-32-12-9-28)4-6-17(19)22(29)21-18-5-3-15(25)13-20(18)27-23(21)24/h3-6,13-14,26-27H,7-12,25H2,1-2H3. The number of nitrogens with zero attached hydrogens (tertiary/aromatic N) is 1. The molecule has 0 bridgehead atoms. The van der Waals surface area contributed by atoms with Crippen LogP contribution in [0.25, 0.3) is 10.9 Å². The third kappa shape index (κ3) is 3.86. The topological polar surface area (TPSA) is 127 Å². The quantitative estimate of drug-likeness (QED) is 0.364. The predicted molar refractivity (Wildman–Crippen MR) is 130 cm³/mol. The van der Waals surface area contributed by atoms with Gasteiger partial charge in [0.05, 0.1) is 18.8 Å². The van der Waals surface area contributed by atoms with Gasteiger partial charge < -0.3 is 20.2 Å². The smallest absolute Gasteiger partial charge is 0.279 e. The van der Waals surface area contributed by atoms with Crippen LogP contribution in [0.15, 0.2) is 36.4 Å². The lowest BCUT2D eigenvalue weighted by Gasteiger charge is -2.32. The zero-order chi connectivity index (χ0) is 24.1. The number of fused-ring (bicyclic) bond motifs is 4. The van der Waals surface area contributed by atoms with Crippen LogP contribution in [-0.2, 0) is 20.4 Å². The summed E-state index contributed by atoms with van der Waals surface area (Å²) in [5.74, 6) is 0.541. The Morgan fingerprint density at radius 1 is 1.18 bits per heavy atom. The second kappa shape index (κ2) is 8.38. The van der Waals surface area contributed by atoms with Gasteiger partial charge in [-0.3, -0.25) is 4.79 Å². The fourth-order valence-corrected chi connectivity index (χ4v) is 5.89. The van der Waals surface area contributed by atoms with E-state index in [9.17, 15) is 13.2 Å². The molecule has 0 atom stereocenters. The van der Waals surface area contributed by atoms with Crippen molar-refractivity contribution in [3.05, 3.63) is 58.8 Å². The molecule has 2 heterocycles. The second-order valence-corrected chi connectivity index (χ2v) is 10.9. The number of hydrogen-bond acceptors (Lipinski definition) is 6. The van der Waals surface area contributed by atoms with Crippen LogP contribution < -0.4 is 15.2 Å². The minimum atomic E-state index is -3.56. The molecule has 5 rings (SSSR count). The van der Waals surface area contributed by atoms with E-state index in [4.69, 9.17) is 15.2 Å². The third-order valence-corrected chi connectivity index (χ3v) is 8.16. The molecule has 1 saturated heterocycles. The number of benzene rings is 2. The second-order valence-electron chi connectivity index (χ2n) is 9.10. The first-order valence-corrected chi connectivity index (χ1v) is 12.7. The number of nitrogen functional groups attached to an aromatic ring is 1. The number of carbonyl (C=O) groups is 1. The van der Waals surface area contributed by atoms with Crippen molar-refractivity contribution in [1.29, 1.82) is 0 Å². The van der Waals surface area contributed by atoms with Crippen molar-refractivity contribution in [3.63, 3.8) is 0 Å². The summed E-state index contributed by atoms with van der Waals surface area (Å²) in [5, 5.41) is 0.862. The van der Waals surface area contributed by atoms with Gasteiger partial charge >= 0.3 is 0 Å². The summed E-state index contributed by atoms with van der Waals surface area (Å²) in [7, 11) is -3.56. The van der Waals surface area contributed by atoms with Crippen molar-refractivity contribution in [3.8, 4) is 5.75 Å². The van der Waals surface area contributed by atoms with E-state index in [2.05, 4.69) is 23.6 Å². The van der Waals surface area contributed by atoms with Crippen LogP contribution in [0.5, 0.6) is 5.75 Å². The summed E-state index contributed by atoms with van der Waals surface area (Å²) >= 11 is 0. The first-order chi connectivity index (χ1) is 16.2. The molecule has 0 amide bonds. The number of carbonyl (C=O) groups excluding carboxylic acids is 1. The monoisotopic (exact) mass is 484 g/mol. The number of aromatic amines is 1. The highest BCUT2D eigenvalue weighted by Crippen LogP contribution is 2.44. The van der Waals surface area contributed by atoms with Gasteiger partial charge in [-0.05, 0) is 35.9 Å². The van der Waals surface area contributed by atoms with E-state index in [0.29, 0.717) is 48.9 Å². The minimum Gasteiger partial charge on any atom is -0.492 e. The Balaban J connectivity index is 1.34. The Hall–Kier alpha value is -2.92. The number of hydrogen-bond donors (Lipinski definition) is 3. The van der Waals surface area contributed by atoms with Crippen LogP contribution in [0.1, 0.15) is 41.0 Å². The molecule has 0 radical (unpaired) electrons. The zero-order valence-electron chi connectivity index (χ0n) is 19.2. The number of anilines is 1. The molecule has 1 fully saturated rings. The number of ether oxygens (including phenoxy) is 2. The van der Waals surface area contributed by atoms with E-state index in [0.717, 1.165) is 22.2 Å². The Morgan fingerprint density at radius 2 is 1.94 bits per heavy atom. The van der Waals surface area contributed by atoms with E-state index in [1.54, 1.807) is 18.2 Å². The number of nitrogens with one attached hydrogen (secondary N) is 2. The number of ketones is 1. The van der Waals surface area contributed by atoms with Gasteiger partial charge in [0.15, 0.2) is 5.78 Å². The van der Waals surface area contributed by atoms with Crippen LogP contribution in [0, 0.1) is 0 Å². The molecule has 2 aliphatic rings. The maximum Gasteiger partial charge on any atom is 0.279 e. The largest absolute Gasteiger partial charge is 0.492 e. The molecule has 1 aliphatic carbocycles. The molecule has 10 heteroatoms. The number of nitrogens with two attached hydrogens (primary N) is 1. The highest BCUT2D eigenvalue weighted by Gasteiger charge is 2.39. The molecule has 1 aliphatic heterocycles. The molecule has 1 aromatic heterocycles. The van der Waals surface area contributed by atoms with Crippen molar-refractivity contribution in [2.45, 2.75) is 19.3 Å². The van der Waals surface area contributed by atoms with Gasteiger partial charge in [-0.25, -0.2) is 0 Å². The lowest BCUT2D eigenvalue weighted by atomic mass is 9.71. The van der Waals surface area contributed by atoms with Crippen molar-refractivity contribution in [1.82, 2.24) is 14.0 Å². The summed E-state index contributed by atoms with van der Waals surface area (Å²) in [6.45, 7) is 5.89. The molecule has 0 saturated carbocycles. The van der Waals surface area contributed by atoms with Gasteiger partial charge in [0, 0.05) is 52.9 Å². The van der Waals surface area contributed by atoms with Gasteiger partial charge in [0.2, 0.25) is 0 Å². The van der Waals surface area contributed by atoms with Crippen LogP contribution in [-0.4, -0.2) is 62.9 Å². The average Bonchev–Trinajstić information content (AvgIpc) is 3.21. The third-order valence-electron chi connectivity index (χ3n) is 6.55. The van der Waals surface area contributed by atoms with Crippen molar-refractivity contribution >= 4 is 32.6 Å². The Bertz CT molecular complexity index is 1370. The maximum absolute atomic E-state index is 13.4. The van der Waals surface area contributed by atoms with Gasteiger partial charge in [-0.1, -0.05) is 19.9 Å². The number of rotatable bonds is 6. The highest BCUT2D eigenvalue weighted by molar-refractivity contribution is 7.87. The summed E-state index contributed by atoms with van der Waals surface area (Å²) < 4.78 is 39.7. The zero-order valence-corrected chi connectivity index (χ0v) is 20.0. The van der Waals surface area contributed by atoms with E-state index in [-0.39, 0.29) is 18.9 Å². The maximum atomic E-state index is 13.4. The fourth-order valence-electron chi connectivity index (χ4n) is 4.74. The Labute approximate surface area is 198 Å². The summed E-state index contributed by atoms with van der Waals surface area (Å²) in [4.78, 5) is 16.8. The Kier molecular flexibility index (Phi) is 5.64. The Morgan fingerprint density at radius 3 is 2.71 bits per heavy atom. The van der Waals surface area contributed by atoms with Crippen LogP contribution >= 0.6 is 0 Å². The van der Waals surface area contributed by atoms with Gasteiger partial charge in [0.1, 0.15) is 12.4 Å². The lowest BCUT2D eigenvalue weighted by Crippen LogP contribution is -2.47. The van der Waals surface area contributed by atoms with E-state index >= 15 is 0 Å². The van der Waals surface area contributed by atoms with E-state index < -0.39 is 15.6 Å². The van der Waals surface area contributed by atoms with Gasteiger partial charge in [-0.15, -0.1) is 0 Å². The molecule has 0 unspecified atom stereocenters. The molecule has 4 N–H and O–H groups in total. The van der Waals surface area contributed by atoms with Crippen molar-refractivity contribution in [2.75, 3.05) is 45.2 Å². The van der Waals surface area contributed by atoms with Crippen LogP contribution in [0.2, 0.25) is 0 Å². The number of morpholine rings is 1. The summed E-state index contributed by atoms with van der Waals surface area (Å²) in [6.07, 6.45) is 0. The molecule has 9 nitrogen and oxygen atoms in total. The number of aromatic nitrogens is 1. The first kappa shape index (κ1) is 22.9. The van der Waals surface area contributed by atoms with Gasteiger partial charge in [-0.2, -0.15) is 17.4 Å². The molecular weight excluding hydrogens is 456 g/mol. The molecule has 180 valence electrons. The SMILES string of the molecule is CC1(C)c2cc(OCCNS(=O)(=O)N3CCOCC3)ccc2C(=O)c2c1[nH]c1cc(N)ccc21. The van der Waals surface area contributed by atoms with Crippen molar-refractivity contribution < 1.29 is 22.7 Å². The first-order valence-electron chi connectivity index (χ1n) is 11.2. The molecule has 0 spiro atoms. The van der Waals surface area contributed by atoms with E-state index in [1.807, 2.05) is 18.2 Å². The number of H-pyrrole nitrogens is 1.